The first-order chi connectivity index (χ1) is 9.69. The number of carbonyl (C=O) groups is 2. The molecule has 1 aliphatic rings. The molecule has 1 saturated heterocycles. The third-order valence-electron chi connectivity index (χ3n) is 3.42. The molecule has 0 atom stereocenters. The molecule has 1 heterocycles. The summed E-state index contributed by atoms with van der Waals surface area (Å²) in [6.45, 7) is 8.65. The minimum absolute atomic E-state index is 0.0352. The van der Waals surface area contributed by atoms with Crippen LogP contribution in [0.1, 0.15) is 40.0 Å². The molecule has 2 amide bonds. The van der Waals surface area contributed by atoms with Gasteiger partial charge in [0.2, 0.25) is 0 Å². The third kappa shape index (κ3) is 6.80. The number of carboxylic acid groups (broad SMARTS) is 1. The van der Waals surface area contributed by atoms with E-state index in [9.17, 15) is 9.59 Å². The predicted molar refractivity (Wildman–Crippen MR) is 80.3 cm³/mol. The van der Waals surface area contributed by atoms with E-state index in [2.05, 4.69) is 20.8 Å². The highest BCUT2D eigenvalue weighted by molar-refractivity contribution is 5.74. The number of piperidine rings is 1. The molecule has 1 rings (SSSR count). The van der Waals surface area contributed by atoms with Gasteiger partial charge in [0.1, 0.15) is 0 Å². The summed E-state index contributed by atoms with van der Waals surface area (Å²) >= 11 is 0. The summed E-state index contributed by atoms with van der Waals surface area (Å²) in [4.78, 5) is 26.4. The molecule has 0 aliphatic carbocycles. The van der Waals surface area contributed by atoms with Crippen molar-refractivity contribution in [2.24, 2.45) is 5.41 Å². The summed E-state index contributed by atoms with van der Waals surface area (Å²) < 4.78 is 5.53. The molecule has 0 aromatic rings. The highest BCUT2D eigenvalue weighted by atomic mass is 16.5. The quantitative estimate of drug-likeness (QED) is 0.843. The monoisotopic (exact) mass is 300 g/mol. The van der Waals surface area contributed by atoms with Gasteiger partial charge in [-0.15, -0.1) is 0 Å². The van der Waals surface area contributed by atoms with Crippen molar-refractivity contribution >= 4 is 12.0 Å². The van der Waals surface area contributed by atoms with Gasteiger partial charge in [-0.1, -0.05) is 20.8 Å². The average Bonchev–Trinajstić information content (AvgIpc) is 2.36. The molecule has 6 heteroatoms. The van der Waals surface area contributed by atoms with Crippen LogP contribution in [-0.4, -0.2) is 66.3 Å². The van der Waals surface area contributed by atoms with Crippen LogP contribution in [0.25, 0.3) is 0 Å². The van der Waals surface area contributed by atoms with Crippen molar-refractivity contribution in [3.63, 3.8) is 0 Å². The Morgan fingerprint density at radius 1 is 1.29 bits per heavy atom. The minimum atomic E-state index is -0.841. The van der Waals surface area contributed by atoms with Gasteiger partial charge < -0.3 is 19.6 Å². The molecule has 21 heavy (non-hydrogen) atoms. The van der Waals surface area contributed by atoms with E-state index >= 15 is 0 Å². The number of likely N-dealkylation sites (tertiary alicyclic amines) is 1. The van der Waals surface area contributed by atoms with Crippen LogP contribution in [-0.2, 0) is 9.53 Å². The molecule has 6 nitrogen and oxygen atoms in total. The second-order valence-electron chi connectivity index (χ2n) is 6.90. The zero-order valence-electron chi connectivity index (χ0n) is 13.6. The Bertz CT molecular complexity index is 357. The fourth-order valence-corrected chi connectivity index (χ4v) is 2.55. The number of hydrogen-bond donors (Lipinski definition) is 1. The van der Waals surface area contributed by atoms with Crippen LogP contribution in [0.2, 0.25) is 0 Å². The van der Waals surface area contributed by atoms with Crippen LogP contribution in [0.5, 0.6) is 0 Å². The predicted octanol–water partition coefficient (Wildman–Crippen LogP) is 2.04. The summed E-state index contributed by atoms with van der Waals surface area (Å²) in [7, 11) is 1.84. The molecule has 0 spiro atoms. The van der Waals surface area contributed by atoms with Crippen molar-refractivity contribution < 1.29 is 19.4 Å². The fraction of sp³-hybridized carbons (Fsp3) is 0.867. The number of carboxylic acids is 1. The SMILES string of the molecule is CN(CC(C)(C)C)C(=O)N1CCC(OCCC(=O)O)CC1. The van der Waals surface area contributed by atoms with Gasteiger partial charge >= 0.3 is 12.0 Å². The normalized spacial score (nSPS) is 16.9. The van der Waals surface area contributed by atoms with E-state index in [0.29, 0.717) is 13.1 Å². The maximum atomic E-state index is 12.3. The first-order valence-corrected chi connectivity index (χ1v) is 7.52. The Balaban J connectivity index is 2.31. The van der Waals surface area contributed by atoms with Crippen LogP contribution in [0.3, 0.4) is 0 Å². The molecule has 0 saturated carbocycles. The molecule has 1 aliphatic heterocycles. The van der Waals surface area contributed by atoms with Crippen molar-refractivity contribution in [3.05, 3.63) is 0 Å². The van der Waals surface area contributed by atoms with Crippen LogP contribution >= 0.6 is 0 Å². The van der Waals surface area contributed by atoms with Gasteiger partial charge in [0, 0.05) is 26.7 Å². The van der Waals surface area contributed by atoms with Crippen molar-refractivity contribution in [1.29, 1.82) is 0 Å². The van der Waals surface area contributed by atoms with Gasteiger partial charge in [-0.3, -0.25) is 4.79 Å². The van der Waals surface area contributed by atoms with Gasteiger partial charge in [0.05, 0.1) is 19.1 Å². The number of nitrogens with zero attached hydrogens (tertiary/aromatic N) is 2. The average molecular weight is 300 g/mol. The van der Waals surface area contributed by atoms with Crippen molar-refractivity contribution in [1.82, 2.24) is 9.80 Å². The van der Waals surface area contributed by atoms with Crippen molar-refractivity contribution in [2.45, 2.75) is 46.1 Å². The van der Waals surface area contributed by atoms with E-state index in [1.807, 2.05) is 11.9 Å². The van der Waals surface area contributed by atoms with E-state index in [0.717, 1.165) is 19.4 Å². The van der Waals surface area contributed by atoms with E-state index in [1.165, 1.54) is 0 Å². The number of aliphatic carboxylic acids is 1. The number of rotatable bonds is 5. The van der Waals surface area contributed by atoms with Crippen LogP contribution < -0.4 is 0 Å². The highest BCUT2D eigenvalue weighted by Gasteiger charge is 2.27. The zero-order chi connectivity index (χ0) is 16.0. The maximum absolute atomic E-state index is 12.3. The summed E-state index contributed by atoms with van der Waals surface area (Å²) in [5.74, 6) is -0.841. The van der Waals surface area contributed by atoms with Gasteiger partial charge in [0.15, 0.2) is 0 Å². The summed E-state index contributed by atoms with van der Waals surface area (Å²) in [6.07, 6.45) is 1.65. The zero-order valence-corrected chi connectivity index (χ0v) is 13.6. The lowest BCUT2D eigenvalue weighted by Crippen LogP contribution is -2.48. The Morgan fingerprint density at radius 3 is 2.33 bits per heavy atom. The van der Waals surface area contributed by atoms with Crippen LogP contribution in [0.4, 0.5) is 4.79 Å². The maximum Gasteiger partial charge on any atom is 0.319 e. The highest BCUT2D eigenvalue weighted by Crippen LogP contribution is 2.18. The standard InChI is InChI=1S/C15H28N2O4/c1-15(2,3)11-16(4)14(20)17-8-5-12(6-9-17)21-10-7-13(18)19/h12H,5-11H2,1-4H3,(H,18,19). The molecule has 0 aromatic carbocycles. The largest absolute Gasteiger partial charge is 0.481 e. The minimum Gasteiger partial charge on any atom is -0.481 e. The molecular formula is C15H28N2O4. The first kappa shape index (κ1) is 17.8. The lowest BCUT2D eigenvalue weighted by molar-refractivity contribution is -0.138. The Kier molecular flexibility index (Phi) is 6.45. The first-order valence-electron chi connectivity index (χ1n) is 7.52. The lowest BCUT2D eigenvalue weighted by Gasteiger charge is -2.36. The molecular weight excluding hydrogens is 272 g/mol. The van der Waals surface area contributed by atoms with Gasteiger partial charge in [-0.25, -0.2) is 4.79 Å². The number of urea groups is 1. The summed E-state index contributed by atoms with van der Waals surface area (Å²) in [5, 5.41) is 8.57. The summed E-state index contributed by atoms with van der Waals surface area (Å²) in [6, 6.07) is 0.0638. The van der Waals surface area contributed by atoms with Crippen LogP contribution in [0, 0.1) is 5.41 Å². The Labute approximate surface area is 127 Å². The fourth-order valence-electron chi connectivity index (χ4n) is 2.55. The molecule has 0 bridgehead atoms. The van der Waals surface area contributed by atoms with Gasteiger partial charge in [-0.2, -0.15) is 0 Å². The molecule has 0 unspecified atom stereocenters. The Morgan fingerprint density at radius 2 is 1.86 bits per heavy atom. The second-order valence-corrected chi connectivity index (χ2v) is 6.90. The second kappa shape index (κ2) is 7.64. The lowest BCUT2D eigenvalue weighted by atomic mass is 9.96. The van der Waals surface area contributed by atoms with Crippen LogP contribution in [0.15, 0.2) is 0 Å². The van der Waals surface area contributed by atoms with Crippen molar-refractivity contribution in [2.75, 3.05) is 33.3 Å². The third-order valence-corrected chi connectivity index (χ3v) is 3.42. The smallest absolute Gasteiger partial charge is 0.319 e. The van der Waals surface area contributed by atoms with Gasteiger partial charge in [0.25, 0.3) is 0 Å². The Hall–Kier alpha value is -1.30. The number of ether oxygens (including phenoxy) is 1. The van der Waals surface area contributed by atoms with E-state index in [1.54, 1.807) is 4.90 Å². The molecule has 1 fully saturated rings. The van der Waals surface area contributed by atoms with Crippen molar-refractivity contribution in [3.8, 4) is 0 Å². The number of amides is 2. The topological polar surface area (TPSA) is 70.1 Å². The number of carbonyl (C=O) groups excluding carboxylic acids is 1. The molecule has 122 valence electrons. The molecule has 0 radical (unpaired) electrons. The molecule has 0 aromatic heterocycles. The number of hydrogen-bond acceptors (Lipinski definition) is 3. The van der Waals surface area contributed by atoms with E-state index in [-0.39, 0.29) is 30.6 Å². The van der Waals surface area contributed by atoms with E-state index in [4.69, 9.17) is 9.84 Å². The van der Waals surface area contributed by atoms with E-state index < -0.39 is 5.97 Å². The molecule has 1 N–H and O–H groups in total. The summed E-state index contributed by atoms with van der Waals surface area (Å²) in [5.41, 5.74) is 0.0860. The van der Waals surface area contributed by atoms with Gasteiger partial charge in [-0.05, 0) is 18.3 Å².